The lowest BCUT2D eigenvalue weighted by molar-refractivity contribution is 0.0945. The summed E-state index contributed by atoms with van der Waals surface area (Å²) in [6, 6.07) is 5.76. The van der Waals surface area contributed by atoms with Crippen molar-refractivity contribution >= 4 is 25.6 Å². The Hall–Kier alpha value is -1.07. The number of rotatable bonds is 8. The van der Waals surface area contributed by atoms with E-state index in [0.29, 0.717) is 18.0 Å². The first-order valence-electron chi connectivity index (χ1n) is 7.21. The molecule has 0 saturated carbocycles. The Morgan fingerprint density at radius 2 is 2.05 bits per heavy atom. The van der Waals surface area contributed by atoms with Gasteiger partial charge in [-0.25, -0.2) is 8.42 Å². The second-order valence-electron chi connectivity index (χ2n) is 5.09. The quantitative estimate of drug-likeness (QED) is 0.741. The third-order valence-electron chi connectivity index (χ3n) is 3.47. The lowest BCUT2D eigenvalue weighted by Gasteiger charge is -2.15. The molecule has 1 N–H and O–H groups in total. The minimum absolute atomic E-state index is 0.0603. The fourth-order valence-corrected chi connectivity index (χ4v) is 2.87. The summed E-state index contributed by atoms with van der Waals surface area (Å²) in [6.45, 7) is 4.85. The van der Waals surface area contributed by atoms with Crippen molar-refractivity contribution < 1.29 is 13.2 Å². The van der Waals surface area contributed by atoms with Crippen molar-refractivity contribution in [2.24, 2.45) is 5.92 Å². The van der Waals surface area contributed by atoms with E-state index in [1.807, 2.05) is 0 Å². The van der Waals surface area contributed by atoms with Crippen LogP contribution in [0.25, 0.3) is 0 Å². The van der Waals surface area contributed by atoms with Crippen LogP contribution in [0.3, 0.4) is 0 Å². The predicted octanol–water partition coefficient (Wildman–Crippen LogP) is 3.56. The lowest BCUT2D eigenvalue weighted by atomic mass is 9.99. The number of unbranched alkanes of at least 4 members (excludes halogenated alkanes) is 1. The molecule has 1 rings (SSSR count). The lowest BCUT2D eigenvalue weighted by Crippen LogP contribution is -2.29. The number of nitrogens with one attached hydrogen (secondary N) is 1. The van der Waals surface area contributed by atoms with Gasteiger partial charge in [-0.15, -0.1) is 0 Å². The Kier molecular flexibility index (Phi) is 7.18. The molecule has 0 saturated heterocycles. The molecule has 0 spiro atoms. The van der Waals surface area contributed by atoms with Gasteiger partial charge in [0, 0.05) is 22.8 Å². The molecule has 1 unspecified atom stereocenters. The first-order chi connectivity index (χ1) is 9.88. The molecule has 1 atom stereocenters. The fourth-order valence-electron chi connectivity index (χ4n) is 2.07. The number of amides is 1. The third-order valence-corrected chi connectivity index (χ3v) is 4.82. The number of carbonyl (C=O) groups is 1. The summed E-state index contributed by atoms with van der Waals surface area (Å²) in [5, 5.41) is 2.86. The molecule has 118 valence electrons. The van der Waals surface area contributed by atoms with E-state index in [9.17, 15) is 13.2 Å². The van der Waals surface area contributed by atoms with Crippen LogP contribution < -0.4 is 5.32 Å². The van der Waals surface area contributed by atoms with Crippen LogP contribution in [0.4, 0.5) is 0 Å². The molecular weight excluding hydrogens is 310 g/mol. The molecule has 0 aliphatic rings. The number of benzene rings is 1. The second kappa shape index (κ2) is 8.39. The molecule has 1 amide bonds. The summed E-state index contributed by atoms with van der Waals surface area (Å²) in [6.07, 6.45) is 4.38. The van der Waals surface area contributed by atoms with Gasteiger partial charge in [0.15, 0.2) is 0 Å². The molecule has 1 aromatic carbocycles. The van der Waals surface area contributed by atoms with E-state index in [-0.39, 0.29) is 10.8 Å². The minimum atomic E-state index is -3.81. The Labute approximate surface area is 131 Å². The Bertz CT molecular complexity index is 572. The van der Waals surface area contributed by atoms with Gasteiger partial charge in [0.1, 0.15) is 0 Å². The van der Waals surface area contributed by atoms with E-state index in [2.05, 4.69) is 19.2 Å². The molecule has 0 bridgehead atoms. The number of halogens is 1. The number of hydrogen-bond acceptors (Lipinski definition) is 3. The molecule has 0 radical (unpaired) electrons. The van der Waals surface area contributed by atoms with Crippen molar-refractivity contribution in [3.05, 3.63) is 29.8 Å². The smallest absolute Gasteiger partial charge is 0.261 e. The van der Waals surface area contributed by atoms with E-state index >= 15 is 0 Å². The minimum Gasteiger partial charge on any atom is -0.352 e. The Balaban J connectivity index is 2.67. The molecule has 4 nitrogen and oxygen atoms in total. The molecular formula is C15H22ClNO3S. The van der Waals surface area contributed by atoms with Gasteiger partial charge in [0.05, 0.1) is 4.90 Å². The highest BCUT2D eigenvalue weighted by molar-refractivity contribution is 8.13. The summed E-state index contributed by atoms with van der Waals surface area (Å²) in [5.41, 5.74) is 0.307. The number of hydrogen-bond donors (Lipinski definition) is 1. The van der Waals surface area contributed by atoms with Crippen LogP contribution in [-0.4, -0.2) is 20.9 Å². The standard InChI is InChI=1S/C15H22ClNO3S/c1-3-5-7-12(4-2)11-17-15(18)13-8-6-9-14(10-13)21(16,19)20/h6,8-10,12H,3-5,7,11H2,1-2H3,(H,17,18). The summed E-state index contributed by atoms with van der Waals surface area (Å²) in [4.78, 5) is 12.0. The molecule has 21 heavy (non-hydrogen) atoms. The van der Waals surface area contributed by atoms with E-state index in [4.69, 9.17) is 10.7 Å². The first kappa shape index (κ1) is 18.0. The van der Waals surface area contributed by atoms with Crippen LogP contribution in [0.1, 0.15) is 49.9 Å². The maximum atomic E-state index is 12.1. The summed E-state index contributed by atoms with van der Waals surface area (Å²) < 4.78 is 22.5. The van der Waals surface area contributed by atoms with Gasteiger partial charge >= 0.3 is 0 Å². The zero-order valence-corrected chi connectivity index (χ0v) is 14.0. The van der Waals surface area contributed by atoms with Crippen LogP contribution in [-0.2, 0) is 9.05 Å². The van der Waals surface area contributed by atoms with Gasteiger partial charge in [-0.05, 0) is 30.5 Å². The van der Waals surface area contributed by atoms with Gasteiger partial charge in [0.2, 0.25) is 0 Å². The normalized spacial score (nSPS) is 12.9. The summed E-state index contributed by atoms with van der Waals surface area (Å²) in [7, 11) is 1.47. The average molecular weight is 332 g/mol. The van der Waals surface area contributed by atoms with Crippen LogP contribution in [0.5, 0.6) is 0 Å². The highest BCUT2D eigenvalue weighted by Gasteiger charge is 2.14. The summed E-state index contributed by atoms with van der Waals surface area (Å²) in [5.74, 6) is 0.181. The van der Waals surface area contributed by atoms with Crippen molar-refractivity contribution in [2.45, 2.75) is 44.4 Å². The Morgan fingerprint density at radius 1 is 1.33 bits per heavy atom. The van der Waals surface area contributed by atoms with Crippen LogP contribution >= 0.6 is 10.7 Å². The average Bonchev–Trinajstić information content (AvgIpc) is 2.46. The van der Waals surface area contributed by atoms with Crippen molar-refractivity contribution in [3.63, 3.8) is 0 Å². The highest BCUT2D eigenvalue weighted by atomic mass is 35.7. The van der Waals surface area contributed by atoms with Crippen LogP contribution in [0.2, 0.25) is 0 Å². The molecule has 0 aromatic heterocycles. The van der Waals surface area contributed by atoms with E-state index in [1.54, 1.807) is 6.07 Å². The molecule has 0 fully saturated rings. The van der Waals surface area contributed by atoms with Gasteiger partial charge in [-0.1, -0.05) is 39.2 Å². The highest BCUT2D eigenvalue weighted by Crippen LogP contribution is 2.16. The SMILES string of the molecule is CCCCC(CC)CNC(=O)c1cccc(S(=O)(=O)Cl)c1. The Morgan fingerprint density at radius 3 is 2.62 bits per heavy atom. The molecule has 0 aliphatic carbocycles. The van der Waals surface area contributed by atoms with Crippen molar-refractivity contribution in [3.8, 4) is 0 Å². The van der Waals surface area contributed by atoms with Crippen molar-refractivity contribution in [2.75, 3.05) is 6.54 Å². The third kappa shape index (κ3) is 6.06. The molecule has 0 heterocycles. The fraction of sp³-hybridized carbons (Fsp3) is 0.533. The second-order valence-corrected chi connectivity index (χ2v) is 7.66. The van der Waals surface area contributed by atoms with Crippen LogP contribution in [0, 0.1) is 5.92 Å². The zero-order chi connectivity index (χ0) is 15.9. The van der Waals surface area contributed by atoms with E-state index < -0.39 is 9.05 Å². The summed E-state index contributed by atoms with van der Waals surface area (Å²) >= 11 is 0. The largest absolute Gasteiger partial charge is 0.352 e. The molecule has 1 aromatic rings. The van der Waals surface area contributed by atoms with Gasteiger partial charge in [-0.3, -0.25) is 4.79 Å². The zero-order valence-electron chi connectivity index (χ0n) is 12.4. The molecule has 0 aliphatic heterocycles. The topological polar surface area (TPSA) is 63.2 Å². The van der Waals surface area contributed by atoms with E-state index in [1.165, 1.54) is 18.2 Å². The van der Waals surface area contributed by atoms with Gasteiger partial charge in [-0.2, -0.15) is 0 Å². The monoisotopic (exact) mass is 331 g/mol. The predicted molar refractivity (Wildman–Crippen MR) is 85.1 cm³/mol. The first-order valence-corrected chi connectivity index (χ1v) is 9.52. The van der Waals surface area contributed by atoms with E-state index in [0.717, 1.165) is 25.7 Å². The van der Waals surface area contributed by atoms with Crippen molar-refractivity contribution in [1.82, 2.24) is 5.32 Å². The number of carbonyl (C=O) groups excluding carboxylic acids is 1. The molecule has 6 heteroatoms. The van der Waals surface area contributed by atoms with Crippen molar-refractivity contribution in [1.29, 1.82) is 0 Å². The van der Waals surface area contributed by atoms with Gasteiger partial charge in [0.25, 0.3) is 15.0 Å². The maximum Gasteiger partial charge on any atom is 0.261 e. The maximum absolute atomic E-state index is 12.1. The van der Waals surface area contributed by atoms with Crippen LogP contribution in [0.15, 0.2) is 29.2 Å². The van der Waals surface area contributed by atoms with Gasteiger partial charge < -0.3 is 5.32 Å².